The van der Waals surface area contributed by atoms with Gasteiger partial charge in [-0.05, 0) is 47.7 Å². The van der Waals surface area contributed by atoms with Crippen LogP contribution < -0.4 is 16.6 Å². The number of carbonyl (C=O) groups excluding carboxylic acids is 1. The summed E-state index contributed by atoms with van der Waals surface area (Å²) < 4.78 is 29.4. The normalized spacial score (nSPS) is 11.1. The van der Waals surface area contributed by atoms with Gasteiger partial charge in [-0.25, -0.2) is 18.1 Å². The van der Waals surface area contributed by atoms with Crippen LogP contribution in [-0.2, 0) is 17.8 Å². The Morgan fingerprint density at radius 1 is 1.06 bits per heavy atom. The summed E-state index contributed by atoms with van der Waals surface area (Å²) in [6.07, 6.45) is 0.799. The van der Waals surface area contributed by atoms with Gasteiger partial charge in [0.15, 0.2) is 0 Å². The molecule has 0 atom stereocenters. The third kappa shape index (κ3) is 4.04. The van der Waals surface area contributed by atoms with Crippen molar-refractivity contribution in [2.24, 2.45) is 0 Å². The molecule has 0 aliphatic carbocycles. The summed E-state index contributed by atoms with van der Waals surface area (Å²) in [5.74, 6) is -2.32. The first-order valence-corrected chi connectivity index (χ1v) is 10.3. The first-order valence-electron chi connectivity index (χ1n) is 9.45. The molecule has 2 aromatic heterocycles. The third-order valence-corrected chi connectivity index (χ3v) is 5.67. The molecule has 0 saturated carbocycles. The Kier molecular flexibility index (Phi) is 5.51. The van der Waals surface area contributed by atoms with Crippen LogP contribution in [0.1, 0.15) is 12.5 Å². The molecule has 31 heavy (non-hydrogen) atoms. The van der Waals surface area contributed by atoms with Crippen LogP contribution in [0.15, 0.2) is 63.5 Å². The minimum atomic E-state index is -0.923. The molecule has 0 radical (unpaired) electrons. The topological polar surface area (TPSA) is 73.1 Å². The molecule has 0 aliphatic rings. The van der Waals surface area contributed by atoms with Crippen LogP contribution in [0.5, 0.6) is 0 Å². The van der Waals surface area contributed by atoms with Gasteiger partial charge in [0, 0.05) is 11.8 Å². The fraction of sp³-hybridized carbons (Fsp3) is 0.136. The van der Waals surface area contributed by atoms with E-state index in [0.29, 0.717) is 16.3 Å². The van der Waals surface area contributed by atoms with E-state index in [1.54, 1.807) is 17.5 Å². The van der Waals surface area contributed by atoms with Crippen LogP contribution in [0, 0.1) is 11.6 Å². The van der Waals surface area contributed by atoms with Crippen molar-refractivity contribution in [1.29, 1.82) is 0 Å². The predicted octanol–water partition coefficient (Wildman–Crippen LogP) is 3.69. The lowest BCUT2D eigenvalue weighted by Gasteiger charge is -2.13. The zero-order chi connectivity index (χ0) is 22.1. The zero-order valence-corrected chi connectivity index (χ0v) is 17.2. The average Bonchev–Trinajstić information content (AvgIpc) is 3.21. The van der Waals surface area contributed by atoms with E-state index in [4.69, 9.17) is 0 Å². The Morgan fingerprint density at radius 2 is 1.81 bits per heavy atom. The monoisotopic (exact) mass is 441 g/mol. The minimum Gasteiger partial charge on any atom is -0.325 e. The quantitative estimate of drug-likeness (QED) is 0.513. The van der Waals surface area contributed by atoms with Crippen molar-refractivity contribution >= 4 is 33.1 Å². The van der Waals surface area contributed by atoms with E-state index < -0.39 is 28.8 Å². The summed E-state index contributed by atoms with van der Waals surface area (Å²) in [6.45, 7) is 1.62. The molecule has 2 heterocycles. The lowest BCUT2D eigenvalue weighted by molar-refractivity contribution is -0.116. The van der Waals surface area contributed by atoms with E-state index in [1.165, 1.54) is 0 Å². The average molecular weight is 441 g/mol. The van der Waals surface area contributed by atoms with Gasteiger partial charge in [0.1, 0.15) is 22.9 Å². The van der Waals surface area contributed by atoms with Crippen LogP contribution >= 0.6 is 11.3 Å². The lowest BCUT2D eigenvalue weighted by Crippen LogP contribution is -2.40. The molecule has 0 bridgehead atoms. The SMILES string of the molecule is CCc1cccc(NC(=O)Cn2c(=O)n(-c3cc(F)cc(F)c3)c(=O)c3sccc32)c1. The maximum Gasteiger partial charge on any atom is 0.336 e. The predicted molar refractivity (Wildman–Crippen MR) is 116 cm³/mol. The molecule has 1 amide bonds. The van der Waals surface area contributed by atoms with Gasteiger partial charge < -0.3 is 5.32 Å². The van der Waals surface area contributed by atoms with Crippen LogP contribution in [-0.4, -0.2) is 15.0 Å². The van der Waals surface area contributed by atoms with Crippen LogP contribution in [0.4, 0.5) is 14.5 Å². The number of aromatic nitrogens is 2. The molecule has 0 aliphatic heterocycles. The number of nitrogens with one attached hydrogen (secondary N) is 1. The second kappa shape index (κ2) is 8.27. The molecule has 6 nitrogen and oxygen atoms in total. The van der Waals surface area contributed by atoms with E-state index in [1.807, 2.05) is 25.1 Å². The van der Waals surface area contributed by atoms with E-state index in [9.17, 15) is 23.2 Å². The zero-order valence-electron chi connectivity index (χ0n) is 16.4. The molecule has 0 saturated heterocycles. The van der Waals surface area contributed by atoms with Crippen LogP contribution in [0.2, 0.25) is 0 Å². The number of nitrogens with zero attached hydrogens (tertiary/aromatic N) is 2. The number of thiophene rings is 1. The Hall–Kier alpha value is -3.59. The molecule has 4 aromatic rings. The summed E-state index contributed by atoms with van der Waals surface area (Å²) in [5.41, 5.74) is 0.0974. The van der Waals surface area contributed by atoms with Gasteiger partial charge in [0.25, 0.3) is 5.56 Å². The Bertz CT molecular complexity index is 1400. The molecule has 0 fully saturated rings. The van der Waals surface area contributed by atoms with Crippen molar-refractivity contribution in [3.05, 3.63) is 91.9 Å². The Balaban J connectivity index is 1.79. The van der Waals surface area contributed by atoms with Gasteiger partial charge in [0.05, 0.1) is 11.2 Å². The molecule has 0 unspecified atom stereocenters. The second-order valence-corrected chi connectivity index (χ2v) is 7.79. The number of carbonyl (C=O) groups is 1. The summed E-state index contributed by atoms with van der Waals surface area (Å²) in [4.78, 5) is 38.6. The van der Waals surface area contributed by atoms with E-state index >= 15 is 0 Å². The summed E-state index contributed by atoms with van der Waals surface area (Å²) in [7, 11) is 0. The lowest BCUT2D eigenvalue weighted by atomic mass is 10.1. The molecule has 0 spiro atoms. The molecule has 9 heteroatoms. The van der Waals surface area contributed by atoms with Crippen molar-refractivity contribution < 1.29 is 13.6 Å². The van der Waals surface area contributed by atoms with Gasteiger partial charge in [-0.15, -0.1) is 11.3 Å². The van der Waals surface area contributed by atoms with Crippen molar-refractivity contribution in [3.63, 3.8) is 0 Å². The molecular formula is C22H17F2N3O3S. The molecule has 1 N–H and O–H groups in total. The van der Waals surface area contributed by atoms with Crippen LogP contribution in [0.25, 0.3) is 15.9 Å². The largest absolute Gasteiger partial charge is 0.336 e. The molecular weight excluding hydrogens is 424 g/mol. The van der Waals surface area contributed by atoms with Gasteiger partial charge in [-0.2, -0.15) is 0 Å². The number of halogens is 2. The number of anilines is 1. The summed E-state index contributed by atoms with van der Waals surface area (Å²) in [5, 5.41) is 4.35. The minimum absolute atomic E-state index is 0.199. The van der Waals surface area contributed by atoms with Crippen molar-refractivity contribution in [2.45, 2.75) is 19.9 Å². The second-order valence-electron chi connectivity index (χ2n) is 6.87. The molecule has 4 rings (SSSR count). The summed E-state index contributed by atoms with van der Waals surface area (Å²) >= 11 is 1.08. The Morgan fingerprint density at radius 3 is 2.52 bits per heavy atom. The van der Waals surface area contributed by atoms with Gasteiger partial charge in [-0.1, -0.05) is 19.1 Å². The molecule has 158 valence electrons. The van der Waals surface area contributed by atoms with Gasteiger partial charge in [-0.3, -0.25) is 14.2 Å². The molecule has 2 aromatic carbocycles. The summed E-state index contributed by atoms with van der Waals surface area (Å²) in [6, 6.07) is 11.3. The number of hydrogen-bond acceptors (Lipinski definition) is 4. The fourth-order valence-electron chi connectivity index (χ4n) is 3.35. The highest BCUT2D eigenvalue weighted by molar-refractivity contribution is 7.17. The maximum atomic E-state index is 13.7. The fourth-order valence-corrected chi connectivity index (χ4v) is 4.17. The first-order chi connectivity index (χ1) is 14.9. The third-order valence-electron chi connectivity index (χ3n) is 4.78. The first kappa shape index (κ1) is 20.7. The smallest absolute Gasteiger partial charge is 0.325 e. The van der Waals surface area contributed by atoms with Crippen LogP contribution in [0.3, 0.4) is 0 Å². The van der Waals surface area contributed by atoms with Crippen molar-refractivity contribution in [3.8, 4) is 5.69 Å². The number of hydrogen-bond donors (Lipinski definition) is 1. The highest BCUT2D eigenvalue weighted by Crippen LogP contribution is 2.18. The maximum absolute atomic E-state index is 13.7. The van der Waals surface area contributed by atoms with Crippen molar-refractivity contribution in [2.75, 3.05) is 5.32 Å². The number of rotatable bonds is 5. The number of aryl methyl sites for hydroxylation is 1. The van der Waals surface area contributed by atoms with E-state index in [0.717, 1.165) is 40.0 Å². The van der Waals surface area contributed by atoms with Gasteiger partial charge in [0.2, 0.25) is 5.91 Å². The van der Waals surface area contributed by atoms with E-state index in [2.05, 4.69) is 5.32 Å². The number of benzene rings is 2. The number of amides is 1. The van der Waals surface area contributed by atoms with E-state index in [-0.39, 0.29) is 22.4 Å². The highest BCUT2D eigenvalue weighted by atomic mass is 32.1. The highest BCUT2D eigenvalue weighted by Gasteiger charge is 2.18. The standard InChI is InChI=1S/C22H17F2N3O3S/c1-2-13-4-3-5-16(8-13)25-19(28)12-26-18-6-7-31-20(18)21(29)27(22(26)30)17-10-14(23)9-15(24)11-17/h3-11H,2,12H2,1H3,(H,25,28). The van der Waals surface area contributed by atoms with Crippen molar-refractivity contribution in [1.82, 2.24) is 9.13 Å². The Labute approximate surface area is 179 Å². The number of fused-ring (bicyclic) bond motifs is 1. The van der Waals surface area contributed by atoms with Gasteiger partial charge >= 0.3 is 5.69 Å².